The Morgan fingerprint density at radius 1 is 1.53 bits per heavy atom. The van der Waals surface area contributed by atoms with Gasteiger partial charge in [-0.25, -0.2) is 4.79 Å². The van der Waals surface area contributed by atoms with E-state index in [1.54, 1.807) is 13.0 Å². The van der Waals surface area contributed by atoms with Gasteiger partial charge < -0.3 is 9.47 Å². The third-order valence-corrected chi connectivity index (χ3v) is 2.46. The van der Waals surface area contributed by atoms with Crippen LogP contribution in [-0.4, -0.2) is 19.7 Å². The van der Waals surface area contributed by atoms with E-state index in [9.17, 15) is 4.79 Å². The molecule has 0 radical (unpaired) electrons. The van der Waals surface area contributed by atoms with Crippen molar-refractivity contribution in [2.75, 3.05) is 13.7 Å². The molecule has 0 spiro atoms. The van der Waals surface area contributed by atoms with Crippen molar-refractivity contribution in [3.8, 4) is 11.8 Å². The summed E-state index contributed by atoms with van der Waals surface area (Å²) >= 11 is 5.76. The first-order valence-corrected chi connectivity index (χ1v) is 5.55. The van der Waals surface area contributed by atoms with E-state index in [4.69, 9.17) is 26.3 Å². The van der Waals surface area contributed by atoms with E-state index in [1.807, 2.05) is 6.07 Å². The van der Waals surface area contributed by atoms with Crippen LogP contribution in [0.2, 0.25) is 0 Å². The van der Waals surface area contributed by atoms with E-state index in [-0.39, 0.29) is 23.6 Å². The molecule has 0 amide bonds. The Balaban J connectivity index is 3.35. The second-order valence-corrected chi connectivity index (χ2v) is 3.44. The molecule has 0 atom stereocenters. The summed E-state index contributed by atoms with van der Waals surface area (Å²) < 4.78 is 9.93. The summed E-state index contributed by atoms with van der Waals surface area (Å²) in [6.45, 7) is 1.95. The van der Waals surface area contributed by atoms with Crippen molar-refractivity contribution in [1.29, 1.82) is 5.26 Å². The summed E-state index contributed by atoms with van der Waals surface area (Å²) in [7, 11) is 1.48. The van der Waals surface area contributed by atoms with E-state index in [0.717, 1.165) is 0 Å². The molecule has 0 saturated heterocycles. The van der Waals surface area contributed by atoms with Crippen LogP contribution in [0, 0.1) is 11.3 Å². The van der Waals surface area contributed by atoms with E-state index in [2.05, 4.69) is 0 Å². The molecule has 1 aromatic rings. The summed E-state index contributed by atoms with van der Waals surface area (Å²) in [5, 5.41) is 9.02. The first-order valence-electron chi connectivity index (χ1n) is 5.02. The van der Waals surface area contributed by atoms with Crippen LogP contribution in [0.3, 0.4) is 0 Å². The fraction of sp³-hybridized carbons (Fsp3) is 0.333. The molecule has 90 valence electrons. The predicted molar refractivity (Wildman–Crippen MR) is 63.2 cm³/mol. The molecule has 4 nitrogen and oxygen atoms in total. The van der Waals surface area contributed by atoms with Crippen molar-refractivity contribution < 1.29 is 14.3 Å². The molecule has 0 aromatic heterocycles. The topological polar surface area (TPSA) is 59.3 Å². The summed E-state index contributed by atoms with van der Waals surface area (Å²) in [5.41, 5.74) is 0.949. The number of halogens is 1. The van der Waals surface area contributed by atoms with Crippen LogP contribution < -0.4 is 4.74 Å². The Hall–Kier alpha value is -1.73. The summed E-state index contributed by atoms with van der Waals surface area (Å²) in [6, 6.07) is 5.06. The zero-order valence-corrected chi connectivity index (χ0v) is 10.4. The normalized spacial score (nSPS) is 9.53. The molecule has 0 N–H and O–H groups in total. The Labute approximate surface area is 105 Å². The van der Waals surface area contributed by atoms with E-state index in [1.165, 1.54) is 13.2 Å². The highest BCUT2D eigenvalue weighted by molar-refractivity contribution is 6.17. The molecule has 0 fully saturated rings. The fourth-order valence-electron chi connectivity index (χ4n) is 1.43. The lowest BCUT2D eigenvalue weighted by Crippen LogP contribution is -2.10. The second kappa shape index (κ2) is 6.12. The van der Waals surface area contributed by atoms with Gasteiger partial charge >= 0.3 is 5.97 Å². The van der Waals surface area contributed by atoms with Crippen LogP contribution in [0.25, 0.3) is 0 Å². The number of alkyl halides is 1. The van der Waals surface area contributed by atoms with E-state index < -0.39 is 5.97 Å². The molecule has 0 heterocycles. The molecule has 0 aliphatic rings. The van der Waals surface area contributed by atoms with E-state index in [0.29, 0.717) is 11.3 Å². The molecule has 0 aliphatic heterocycles. The summed E-state index contributed by atoms with van der Waals surface area (Å²) in [4.78, 5) is 11.7. The van der Waals surface area contributed by atoms with Crippen LogP contribution >= 0.6 is 11.6 Å². The predicted octanol–water partition coefficient (Wildman–Crippen LogP) is 2.48. The quantitative estimate of drug-likeness (QED) is 0.611. The van der Waals surface area contributed by atoms with Crippen molar-refractivity contribution in [2.45, 2.75) is 12.8 Å². The first kappa shape index (κ1) is 13.3. The molecule has 1 aromatic carbocycles. The Morgan fingerprint density at radius 2 is 2.24 bits per heavy atom. The first-order chi connectivity index (χ1) is 8.17. The minimum Gasteiger partial charge on any atom is -0.497 e. The van der Waals surface area contributed by atoms with Gasteiger partial charge in [0.25, 0.3) is 0 Å². The number of methoxy groups -OCH3 is 1. The molecule has 0 aliphatic carbocycles. The lowest BCUT2D eigenvalue weighted by Gasteiger charge is -2.10. The van der Waals surface area contributed by atoms with Gasteiger partial charge in [0.15, 0.2) is 0 Å². The van der Waals surface area contributed by atoms with Gasteiger partial charge in [0.2, 0.25) is 0 Å². The minimum atomic E-state index is -0.539. The third-order valence-electron chi connectivity index (χ3n) is 2.17. The van der Waals surface area contributed by atoms with Gasteiger partial charge in [-0.3, -0.25) is 0 Å². The zero-order chi connectivity index (χ0) is 12.8. The van der Waals surface area contributed by atoms with Gasteiger partial charge in [-0.2, -0.15) is 5.26 Å². The highest BCUT2D eigenvalue weighted by atomic mass is 35.5. The van der Waals surface area contributed by atoms with Gasteiger partial charge in [-0.15, -0.1) is 11.6 Å². The van der Waals surface area contributed by atoms with Crippen LogP contribution in [0.4, 0.5) is 0 Å². The maximum Gasteiger partial charge on any atom is 0.339 e. The maximum absolute atomic E-state index is 11.7. The molecule has 1 rings (SSSR count). The highest BCUT2D eigenvalue weighted by Crippen LogP contribution is 2.24. The number of rotatable bonds is 4. The average Bonchev–Trinajstić information content (AvgIpc) is 2.37. The lowest BCUT2D eigenvalue weighted by molar-refractivity contribution is 0.0525. The summed E-state index contributed by atoms with van der Waals surface area (Å²) in [6.07, 6.45) is 0. The second-order valence-electron chi connectivity index (χ2n) is 3.17. The molecule has 5 heteroatoms. The van der Waals surface area contributed by atoms with E-state index >= 15 is 0 Å². The van der Waals surface area contributed by atoms with Crippen LogP contribution in [0.5, 0.6) is 5.75 Å². The number of nitriles is 1. The largest absolute Gasteiger partial charge is 0.497 e. The number of hydrogen-bond acceptors (Lipinski definition) is 4. The number of carbonyl (C=O) groups excluding carboxylic acids is 1. The third kappa shape index (κ3) is 2.89. The molecular formula is C12H12ClNO3. The number of benzene rings is 1. The smallest absolute Gasteiger partial charge is 0.339 e. The Kier molecular flexibility index (Phi) is 4.80. The zero-order valence-electron chi connectivity index (χ0n) is 9.62. The van der Waals surface area contributed by atoms with Crippen LogP contribution in [-0.2, 0) is 10.6 Å². The van der Waals surface area contributed by atoms with Gasteiger partial charge in [-0.1, -0.05) is 0 Å². The monoisotopic (exact) mass is 253 g/mol. The van der Waals surface area contributed by atoms with Crippen molar-refractivity contribution in [1.82, 2.24) is 0 Å². The maximum atomic E-state index is 11.7. The van der Waals surface area contributed by atoms with Crippen LogP contribution in [0.1, 0.15) is 28.4 Å². The van der Waals surface area contributed by atoms with Crippen molar-refractivity contribution in [3.63, 3.8) is 0 Å². The number of ether oxygens (including phenoxy) is 2. The Bertz CT molecular complexity index is 466. The average molecular weight is 254 g/mol. The lowest BCUT2D eigenvalue weighted by atomic mass is 10.0. The number of nitrogens with zero attached hydrogens (tertiary/aromatic N) is 1. The highest BCUT2D eigenvalue weighted by Gasteiger charge is 2.18. The van der Waals surface area contributed by atoms with Crippen LogP contribution in [0.15, 0.2) is 12.1 Å². The number of carbonyl (C=O) groups is 1. The standard InChI is InChI=1S/C12H12ClNO3/c1-3-17-12(15)11-8(6-13)4-10(16-2)5-9(11)7-14/h4-5H,3,6H2,1-2H3. The molecule has 17 heavy (non-hydrogen) atoms. The molecule has 0 saturated carbocycles. The SMILES string of the molecule is CCOC(=O)c1c(C#N)cc(OC)cc1CCl. The van der Waals surface area contributed by atoms with Gasteiger partial charge in [-0.05, 0) is 24.6 Å². The molecular weight excluding hydrogens is 242 g/mol. The molecule has 0 unspecified atom stereocenters. The molecule has 0 bridgehead atoms. The minimum absolute atomic E-state index is 0.111. The van der Waals surface area contributed by atoms with Crippen molar-refractivity contribution in [2.24, 2.45) is 0 Å². The van der Waals surface area contributed by atoms with Gasteiger partial charge in [0.05, 0.1) is 24.8 Å². The van der Waals surface area contributed by atoms with Crippen molar-refractivity contribution >= 4 is 17.6 Å². The van der Waals surface area contributed by atoms with Crippen molar-refractivity contribution in [3.05, 3.63) is 28.8 Å². The van der Waals surface area contributed by atoms with Gasteiger partial charge in [0.1, 0.15) is 11.8 Å². The summed E-state index contributed by atoms with van der Waals surface area (Å²) in [5.74, 6) is 0.0626. The number of esters is 1. The van der Waals surface area contributed by atoms with Gasteiger partial charge in [0, 0.05) is 5.88 Å². The Morgan fingerprint density at radius 3 is 2.71 bits per heavy atom. The fourth-order valence-corrected chi connectivity index (χ4v) is 1.64. The number of hydrogen-bond donors (Lipinski definition) is 0.